The molecular weight excluding hydrogens is 384 g/mol. The number of nitrogens with one attached hydrogen (secondary N) is 1. The summed E-state index contributed by atoms with van der Waals surface area (Å²) in [6.07, 6.45) is 2.22. The Balaban J connectivity index is 1.64. The number of ether oxygens (including phenoxy) is 2. The quantitative estimate of drug-likeness (QED) is 0.707. The lowest BCUT2D eigenvalue weighted by atomic mass is 10.1. The first-order valence-electron chi connectivity index (χ1n) is 9.45. The van der Waals surface area contributed by atoms with Gasteiger partial charge < -0.3 is 24.8 Å². The average molecular weight is 407 g/mol. The third-order valence-electron chi connectivity index (χ3n) is 4.50. The molecule has 1 aliphatic heterocycles. The number of carboxylic acid groups (broad SMARTS) is 1. The molecule has 9 heteroatoms. The minimum Gasteiger partial charge on any atom is -0.490 e. The molecule has 2 heterocycles. The van der Waals surface area contributed by atoms with E-state index in [1.54, 1.807) is 12.1 Å². The molecular formula is C20H23F2N3O4. The van der Waals surface area contributed by atoms with Crippen molar-refractivity contribution in [1.82, 2.24) is 9.88 Å². The van der Waals surface area contributed by atoms with Crippen LogP contribution in [0.15, 0.2) is 30.5 Å². The van der Waals surface area contributed by atoms with Gasteiger partial charge >= 0.3 is 6.09 Å². The Morgan fingerprint density at radius 2 is 2.03 bits per heavy atom. The van der Waals surface area contributed by atoms with Crippen molar-refractivity contribution in [2.75, 3.05) is 25.0 Å². The first-order valence-corrected chi connectivity index (χ1v) is 9.45. The molecule has 0 bridgehead atoms. The van der Waals surface area contributed by atoms with E-state index in [0.29, 0.717) is 50.5 Å². The maximum Gasteiger partial charge on any atom is 0.407 e. The van der Waals surface area contributed by atoms with Crippen molar-refractivity contribution in [3.63, 3.8) is 0 Å². The van der Waals surface area contributed by atoms with Gasteiger partial charge in [-0.05, 0) is 12.5 Å². The third-order valence-corrected chi connectivity index (χ3v) is 4.50. The van der Waals surface area contributed by atoms with Crippen LogP contribution in [0.5, 0.6) is 11.6 Å². The summed E-state index contributed by atoms with van der Waals surface area (Å²) >= 11 is 0. The van der Waals surface area contributed by atoms with E-state index < -0.39 is 17.7 Å². The number of halogens is 2. The number of nitrogens with zero attached hydrogens (tertiary/aromatic N) is 2. The van der Waals surface area contributed by atoms with E-state index in [2.05, 4.69) is 10.3 Å². The number of aromatic nitrogens is 1. The highest BCUT2D eigenvalue weighted by Gasteiger charge is 2.23. The van der Waals surface area contributed by atoms with Gasteiger partial charge in [0.05, 0.1) is 12.3 Å². The first kappa shape index (κ1) is 20.6. The monoisotopic (exact) mass is 407 g/mol. The SMILES string of the molecule is CCCOc1cc(F)c(Nc2ccnc(OC3CCN(C(=O)O)CC3)c2)cc1F. The summed E-state index contributed by atoms with van der Waals surface area (Å²) in [6, 6.07) is 5.26. The smallest absolute Gasteiger partial charge is 0.407 e. The number of benzene rings is 1. The first-order chi connectivity index (χ1) is 14.0. The highest BCUT2D eigenvalue weighted by Crippen LogP contribution is 2.28. The third kappa shape index (κ3) is 5.46. The second-order valence-corrected chi connectivity index (χ2v) is 6.71. The maximum atomic E-state index is 14.3. The Bertz CT molecular complexity index is 858. The van der Waals surface area contributed by atoms with E-state index in [1.807, 2.05) is 6.92 Å². The fourth-order valence-corrected chi connectivity index (χ4v) is 2.99. The summed E-state index contributed by atoms with van der Waals surface area (Å²) in [5.74, 6) is -1.09. The minimum absolute atomic E-state index is 0.0294. The second kappa shape index (κ2) is 9.40. The molecule has 1 amide bonds. The van der Waals surface area contributed by atoms with Crippen molar-refractivity contribution < 1.29 is 28.2 Å². The number of hydrogen-bond acceptors (Lipinski definition) is 5. The molecule has 1 fully saturated rings. The van der Waals surface area contributed by atoms with Crippen LogP contribution in [0.2, 0.25) is 0 Å². The number of rotatable bonds is 7. The zero-order valence-electron chi connectivity index (χ0n) is 16.0. The molecule has 0 unspecified atom stereocenters. The fraction of sp³-hybridized carbons (Fsp3) is 0.400. The van der Waals surface area contributed by atoms with Gasteiger partial charge in [0, 0.05) is 56.0 Å². The summed E-state index contributed by atoms with van der Waals surface area (Å²) in [4.78, 5) is 16.4. The van der Waals surface area contributed by atoms with Crippen LogP contribution in [0.25, 0.3) is 0 Å². The molecule has 7 nitrogen and oxygen atoms in total. The summed E-state index contributed by atoms with van der Waals surface area (Å²) in [5.41, 5.74) is 0.455. The van der Waals surface area contributed by atoms with Crippen LogP contribution in [-0.2, 0) is 0 Å². The molecule has 0 aliphatic carbocycles. The van der Waals surface area contributed by atoms with Crippen LogP contribution in [0, 0.1) is 11.6 Å². The van der Waals surface area contributed by atoms with Crippen molar-refractivity contribution in [1.29, 1.82) is 0 Å². The molecule has 0 radical (unpaired) electrons. The maximum absolute atomic E-state index is 14.3. The Labute approximate surface area is 167 Å². The van der Waals surface area contributed by atoms with Gasteiger partial charge in [0.25, 0.3) is 0 Å². The Hall–Kier alpha value is -3.10. The Morgan fingerprint density at radius 3 is 2.72 bits per heavy atom. The van der Waals surface area contributed by atoms with E-state index >= 15 is 0 Å². The summed E-state index contributed by atoms with van der Waals surface area (Å²) in [7, 11) is 0. The van der Waals surface area contributed by atoms with Crippen molar-refractivity contribution in [2.45, 2.75) is 32.3 Å². The zero-order chi connectivity index (χ0) is 20.8. The van der Waals surface area contributed by atoms with Crippen LogP contribution in [0.4, 0.5) is 25.0 Å². The van der Waals surface area contributed by atoms with Crippen LogP contribution >= 0.6 is 0 Å². The van der Waals surface area contributed by atoms with Crippen LogP contribution in [0.1, 0.15) is 26.2 Å². The number of anilines is 2. The molecule has 3 rings (SSSR count). The van der Waals surface area contributed by atoms with E-state index in [1.165, 1.54) is 11.1 Å². The number of pyridine rings is 1. The van der Waals surface area contributed by atoms with Gasteiger partial charge in [-0.15, -0.1) is 0 Å². The van der Waals surface area contributed by atoms with E-state index in [0.717, 1.165) is 12.1 Å². The molecule has 29 heavy (non-hydrogen) atoms. The standard InChI is InChI=1S/C20H23F2N3O4/c1-2-9-28-18-12-15(21)17(11-16(18)22)24-13-3-6-23-19(10-13)29-14-4-7-25(8-5-14)20(26)27/h3,6,10-12,14H,2,4-5,7-9H2,1H3,(H,23,24)(H,26,27). The van der Waals surface area contributed by atoms with Gasteiger partial charge in [-0.25, -0.2) is 18.6 Å². The van der Waals surface area contributed by atoms with Crippen LogP contribution in [-0.4, -0.2) is 46.9 Å². The molecule has 1 aromatic carbocycles. The van der Waals surface area contributed by atoms with Crippen LogP contribution in [0.3, 0.4) is 0 Å². The lowest BCUT2D eigenvalue weighted by Gasteiger charge is -2.29. The molecule has 1 aliphatic rings. The largest absolute Gasteiger partial charge is 0.490 e. The highest BCUT2D eigenvalue weighted by molar-refractivity contribution is 5.65. The van der Waals surface area contributed by atoms with Gasteiger partial charge in [0.15, 0.2) is 17.4 Å². The van der Waals surface area contributed by atoms with Gasteiger partial charge in [-0.1, -0.05) is 6.92 Å². The predicted octanol–water partition coefficient (Wildman–Crippen LogP) is 4.41. The number of amides is 1. The molecule has 1 saturated heterocycles. The number of piperidine rings is 1. The fourth-order valence-electron chi connectivity index (χ4n) is 2.99. The van der Waals surface area contributed by atoms with Crippen molar-refractivity contribution in [3.05, 3.63) is 42.1 Å². The number of likely N-dealkylation sites (tertiary alicyclic amines) is 1. The molecule has 0 saturated carbocycles. The highest BCUT2D eigenvalue weighted by atomic mass is 19.1. The molecule has 2 N–H and O–H groups in total. The van der Waals surface area contributed by atoms with Crippen molar-refractivity contribution in [3.8, 4) is 11.6 Å². The molecule has 1 aromatic heterocycles. The number of hydrogen-bond donors (Lipinski definition) is 2. The number of carbonyl (C=O) groups is 1. The lowest BCUT2D eigenvalue weighted by Crippen LogP contribution is -2.41. The summed E-state index contributed by atoms with van der Waals surface area (Å²) in [5, 5.41) is 11.8. The van der Waals surface area contributed by atoms with Gasteiger partial charge in [0.2, 0.25) is 5.88 Å². The molecule has 0 spiro atoms. The van der Waals surface area contributed by atoms with Crippen molar-refractivity contribution in [2.24, 2.45) is 0 Å². The van der Waals surface area contributed by atoms with Gasteiger partial charge in [-0.2, -0.15) is 0 Å². The van der Waals surface area contributed by atoms with E-state index in [-0.39, 0.29) is 17.5 Å². The topological polar surface area (TPSA) is 83.9 Å². The normalized spacial score (nSPS) is 14.5. The second-order valence-electron chi connectivity index (χ2n) is 6.71. The van der Waals surface area contributed by atoms with Gasteiger partial charge in [-0.3, -0.25) is 0 Å². The van der Waals surface area contributed by atoms with Crippen molar-refractivity contribution >= 4 is 17.5 Å². The average Bonchev–Trinajstić information content (AvgIpc) is 2.70. The zero-order valence-corrected chi connectivity index (χ0v) is 16.0. The molecule has 156 valence electrons. The predicted molar refractivity (Wildman–Crippen MR) is 103 cm³/mol. The molecule has 0 atom stereocenters. The Morgan fingerprint density at radius 1 is 1.28 bits per heavy atom. The van der Waals surface area contributed by atoms with Crippen LogP contribution < -0.4 is 14.8 Å². The minimum atomic E-state index is -0.937. The van der Waals surface area contributed by atoms with E-state index in [9.17, 15) is 13.6 Å². The Kier molecular flexibility index (Phi) is 6.69. The molecule has 2 aromatic rings. The van der Waals surface area contributed by atoms with Gasteiger partial charge in [0.1, 0.15) is 6.10 Å². The summed E-state index contributed by atoms with van der Waals surface area (Å²) < 4.78 is 39.4. The summed E-state index contributed by atoms with van der Waals surface area (Å²) in [6.45, 7) is 2.98. The van der Waals surface area contributed by atoms with E-state index in [4.69, 9.17) is 14.6 Å². The lowest BCUT2D eigenvalue weighted by molar-refractivity contribution is 0.0871.